The minimum Gasteiger partial charge on any atom is -0.493 e. The van der Waals surface area contributed by atoms with Crippen LogP contribution in [-0.2, 0) is 10.0 Å². The van der Waals surface area contributed by atoms with Crippen molar-refractivity contribution >= 4 is 38.6 Å². The Balaban J connectivity index is 1.75. The van der Waals surface area contributed by atoms with Crippen LogP contribution in [0.4, 0.5) is 0 Å². The molecule has 1 heterocycles. The summed E-state index contributed by atoms with van der Waals surface area (Å²) in [5.41, 5.74) is 3.50. The number of methoxy groups -OCH3 is 2. The van der Waals surface area contributed by atoms with Gasteiger partial charge < -0.3 is 9.47 Å². The molecule has 6 nitrogen and oxygen atoms in total. The first-order valence-electron chi connectivity index (χ1n) is 11.4. The number of Topliss-reactive ketones (excluding diaryl/α,β-unsaturated/α-hetero) is 1. The van der Waals surface area contributed by atoms with Crippen LogP contribution in [0.5, 0.6) is 11.5 Å². The number of allylic oxidation sites excluding steroid dienone is 2. The first-order chi connectivity index (χ1) is 17.7. The van der Waals surface area contributed by atoms with Crippen LogP contribution in [0.15, 0.2) is 96.2 Å². The van der Waals surface area contributed by atoms with E-state index < -0.39 is 10.0 Å². The van der Waals surface area contributed by atoms with Crippen molar-refractivity contribution in [2.45, 2.75) is 18.2 Å². The van der Waals surface area contributed by atoms with Gasteiger partial charge in [-0.3, -0.25) is 4.79 Å². The summed E-state index contributed by atoms with van der Waals surface area (Å²) in [5.74, 6) is 0.872. The molecule has 4 rings (SSSR count). The summed E-state index contributed by atoms with van der Waals surface area (Å²) in [5, 5.41) is 0.576. The summed E-state index contributed by atoms with van der Waals surface area (Å²) in [6, 6.07) is 22.2. The van der Waals surface area contributed by atoms with E-state index in [1.165, 1.54) is 24.4 Å². The minimum absolute atomic E-state index is 0.0829. The number of ether oxygens (including phenoxy) is 2. The quantitative estimate of drug-likeness (QED) is 0.226. The lowest BCUT2D eigenvalue weighted by Gasteiger charge is -2.14. The fourth-order valence-corrected chi connectivity index (χ4v) is 5.36. The van der Waals surface area contributed by atoms with Crippen molar-refractivity contribution < 1.29 is 22.7 Å². The van der Waals surface area contributed by atoms with Gasteiger partial charge in [0.05, 0.1) is 19.1 Å². The maximum Gasteiger partial charge on any atom is 0.267 e. The molecule has 1 aromatic heterocycles. The number of benzene rings is 3. The number of aromatic nitrogens is 1. The van der Waals surface area contributed by atoms with E-state index in [4.69, 9.17) is 21.1 Å². The summed E-state index contributed by atoms with van der Waals surface area (Å²) in [6.07, 6.45) is 3.16. The number of carbonyl (C=O) groups excluding carboxylic acids is 1. The molecule has 0 aliphatic rings. The molecule has 0 saturated heterocycles. The highest BCUT2D eigenvalue weighted by atomic mass is 35.5. The first-order valence-corrected chi connectivity index (χ1v) is 13.3. The summed E-state index contributed by atoms with van der Waals surface area (Å²) < 4.78 is 38.0. The SMILES string of the molecule is COc1ccc(C(=O)C/C(=C(\C)c2ccn(S(=O)(=O)c3ccccc3)c2)c2ccc(Cl)cc2)cc1OC. The van der Waals surface area contributed by atoms with Gasteiger partial charge in [0, 0.05) is 29.4 Å². The fourth-order valence-electron chi connectivity index (χ4n) is 4.01. The summed E-state index contributed by atoms with van der Waals surface area (Å²) >= 11 is 6.11. The maximum atomic E-state index is 13.4. The van der Waals surface area contributed by atoms with Crippen LogP contribution in [0.2, 0.25) is 5.02 Å². The van der Waals surface area contributed by atoms with Gasteiger partial charge in [-0.1, -0.05) is 41.9 Å². The molecule has 0 bridgehead atoms. The van der Waals surface area contributed by atoms with Crippen LogP contribution < -0.4 is 9.47 Å². The van der Waals surface area contributed by atoms with Crippen molar-refractivity contribution in [3.8, 4) is 11.5 Å². The van der Waals surface area contributed by atoms with E-state index in [9.17, 15) is 13.2 Å². The molecule has 0 aliphatic heterocycles. The second kappa shape index (κ2) is 11.1. The number of halogens is 1. The zero-order chi connectivity index (χ0) is 26.6. The fraction of sp³-hybridized carbons (Fsp3) is 0.138. The first kappa shape index (κ1) is 26.3. The van der Waals surface area contributed by atoms with E-state index in [0.29, 0.717) is 27.6 Å². The third-order valence-electron chi connectivity index (χ3n) is 6.11. The number of hydrogen-bond donors (Lipinski definition) is 0. The largest absolute Gasteiger partial charge is 0.493 e. The van der Waals surface area contributed by atoms with E-state index in [2.05, 4.69) is 0 Å². The Hall–Kier alpha value is -3.81. The smallest absolute Gasteiger partial charge is 0.267 e. The van der Waals surface area contributed by atoms with E-state index >= 15 is 0 Å². The molecule has 0 saturated carbocycles. The van der Waals surface area contributed by atoms with E-state index in [1.807, 2.05) is 19.1 Å². The molecule has 0 spiro atoms. The van der Waals surface area contributed by atoms with Crippen LogP contribution in [0, 0.1) is 0 Å². The normalized spacial score (nSPS) is 12.1. The molecule has 0 radical (unpaired) electrons. The number of ketones is 1. The Morgan fingerprint density at radius 3 is 2.14 bits per heavy atom. The van der Waals surface area contributed by atoms with Gasteiger partial charge in [0.25, 0.3) is 10.0 Å². The molecule has 0 atom stereocenters. The highest BCUT2D eigenvalue weighted by Gasteiger charge is 2.20. The monoisotopic (exact) mass is 535 g/mol. The predicted octanol–water partition coefficient (Wildman–Crippen LogP) is 6.60. The minimum atomic E-state index is -3.74. The summed E-state index contributed by atoms with van der Waals surface area (Å²) in [4.78, 5) is 13.6. The molecule has 0 amide bonds. The Morgan fingerprint density at radius 1 is 0.838 bits per heavy atom. The van der Waals surface area contributed by atoms with Gasteiger partial charge in [0.2, 0.25) is 0 Å². The number of nitrogens with zero attached hydrogens (tertiary/aromatic N) is 1. The molecule has 4 aromatic rings. The lowest BCUT2D eigenvalue weighted by molar-refractivity contribution is 0.0998. The van der Waals surface area contributed by atoms with Gasteiger partial charge in [-0.15, -0.1) is 0 Å². The molecule has 0 unspecified atom stereocenters. The predicted molar refractivity (Wildman–Crippen MR) is 146 cm³/mol. The van der Waals surface area contributed by atoms with Gasteiger partial charge in [0.1, 0.15) is 0 Å². The van der Waals surface area contributed by atoms with Crippen LogP contribution >= 0.6 is 11.6 Å². The van der Waals surface area contributed by atoms with Crippen molar-refractivity contribution in [2.24, 2.45) is 0 Å². The molecule has 0 aliphatic carbocycles. The lowest BCUT2D eigenvalue weighted by atomic mass is 9.91. The number of carbonyl (C=O) groups is 1. The van der Waals surface area contributed by atoms with E-state index in [0.717, 1.165) is 16.7 Å². The van der Waals surface area contributed by atoms with Crippen molar-refractivity contribution in [1.29, 1.82) is 0 Å². The van der Waals surface area contributed by atoms with Crippen LogP contribution in [0.3, 0.4) is 0 Å². The standard InChI is InChI=1S/C29H26ClNO5S/c1-20(23-15-16-31(19-23)37(33,34)25-7-5-4-6-8-25)26(21-9-12-24(30)13-10-21)18-27(32)22-11-14-28(35-2)29(17-22)36-3/h4-17,19H,18H2,1-3H3/b26-20-. The average molecular weight is 536 g/mol. The highest BCUT2D eigenvalue weighted by Crippen LogP contribution is 2.33. The number of rotatable bonds is 9. The van der Waals surface area contributed by atoms with Crippen molar-refractivity contribution in [2.75, 3.05) is 14.2 Å². The Labute approximate surface area is 221 Å². The molecular weight excluding hydrogens is 510 g/mol. The third-order valence-corrected chi connectivity index (χ3v) is 8.01. The maximum absolute atomic E-state index is 13.4. The lowest BCUT2D eigenvalue weighted by Crippen LogP contribution is -2.10. The van der Waals surface area contributed by atoms with Gasteiger partial charge in [0.15, 0.2) is 17.3 Å². The second-order valence-electron chi connectivity index (χ2n) is 8.33. The van der Waals surface area contributed by atoms with Crippen molar-refractivity contribution in [1.82, 2.24) is 3.97 Å². The zero-order valence-corrected chi connectivity index (χ0v) is 22.2. The van der Waals surface area contributed by atoms with Crippen molar-refractivity contribution in [3.63, 3.8) is 0 Å². The van der Waals surface area contributed by atoms with Crippen LogP contribution in [0.1, 0.15) is 34.8 Å². The molecule has 0 fully saturated rings. The van der Waals surface area contributed by atoms with Crippen LogP contribution in [-0.4, -0.2) is 32.4 Å². The summed E-state index contributed by atoms with van der Waals surface area (Å²) in [7, 11) is -0.691. The van der Waals surface area contributed by atoms with Gasteiger partial charge in [-0.2, -0.15) is 0 Å². The Bertz CT molecular complexity index is 1560. The Kier molecular flexibility index (Phi) is 7.86. The molecule has 190 valence electrons. The molecular formula is C29H26ClNO5S. The van der Waals surface area contributed by atoms with Gasteiger partial charge in [-0.25, -0.2) is 12.4 Å². The summed E-state index contributed by atoms with van der Waals surface area (Å²) in [6.45, 7) is 1.88. The molecule has 0 N–H and O–H groups in total. The average Bonchev–Trinajstić information content (AvgIpc) is 3.43. The van der Waals surface area contributed by atoms with Crippen molar-refractivity contribution in [3.05, 3.63) is 113 Å². The molecule has 37 heavy (non-hydrogen) atoms. The topological polar surface area (TPSA) is 74.6 Å². The number of hydrogen-bond acceptors (Lipinski definition) is 5. The molecule has 3 aromatic carbocycles. The van der Waals surface area contributed by atoms with E-state index in [-0.39, 0.29) is 17.1 Å². The zero-order valence-electron chi connectivity index (χ0n) is 20.6. The highest BCUT2D eigenvalue weighted by molar-refractivity contribution is 7.90. The van der Waals surface area contributed by atoms with E-state index in [1.54, 1.807) is 72.9 Å². The second-order valence-corrected chi connectivity index (χ2v) is 10.6. The third kappa shape index (κ3) is 5.63. The van der Waals surface area contributed by atoms with Gasteiger partial charge >= 0.3 is 0 Å². The van der Waals surface area contributed by atoms with Crippen LogP contribution in [0.25, 0.3) is 11.1 Å². The Morgan fingerprint density at radius 2 is 1.49 bits per heavy atom. The van der Waals surface area contributed by atoms with Gasteiger partial charge in [-0.05, 0) is 77.7 Å². The molecule has 8 heteroatoms.